The monoisotopic (exact) mass is 366 g/mol. The number of imidazole rings is 2. The zero-order valence-corrected chi connectivity index (χ0v) is 14.0. The van der Waals surface area contributed by atoms with Gasteiger partial charge >= 0.3 is 5.97 Å². The van der Waals surface area contributed by atoms with E-state index >= 15 is 0 Å². The molecule has 0 saturated heterocycles. The largest absolute Gasteiger partial charge is 0.475 e. The Balaban J connectivity index is 0.000000220. The predicted molar refractivity (Wildman–Crippen MR) is 83.1 cm³/mol. The van der Waals surface area contributed by atoms with Crippen molar-refractivity contribution in [1.82, 2.24) is 19.9 Å². The van der Waals surface area contributed by atoms with Gasteiger partial charge in [-0.1, -0.05) is 37.0 Å². The van der Waals surface area contributed by atoms with Crippen LogP contribution >= 0.6 is 34.8 Å². The highest BCUT2D eigenvalue weighted by atomic mass is 35.5. The lowest BCUT2D eigenvalue weighted by Gasteiger charge is -1.86. The minimum atomic E-state index is -1.09. The van der Waals surface area contributed by atoms with Gasteiger partial charge in [0.2, 0.25) is 5.82 Å². The number of nitrogens with one attached hydrogen (secondary N) is 2. The number of rotatable bonds is 4. The van der Waals surface area contributed by atoms with Crippen LogP contribution in [0.25, 0.3) is 0 Å². The molecule has 0 saturated carbocycles. The van der Waals surface area contributed by atoms with Crippen LogP contribution in [-0.2, 0) is 12.8 Å². The number of carboxylic acids is 1. The summed E-state index contributed by atoms with van der Waals surface area (Å²) in [4.78, 5) is 33.5. The van der Waals surface area contributed by atoms with Crippen molar-refractivity contribution in [2.24, 2.45) is 0 Å². The summed E-state index contributed by atoms with van der Waals surface area (Å²) < 4.78 is 0. The van der Waals surface area contributed by atoms with Crippen LogP contribution in [0.4, 0.5) is 0 Å². The third kappa shape index (κ3) is 4.72. The Morgan fingerprint density at radius 2 is 1.41 bits per heavy atom. The van der Waals surface area contributed by atoms with Gasteiger partial charge < -0.3 is 15.1 Å². The van der Waals surface area contributed by atoms with Crippen LogP contribution in [0.3, 0.4) is 0 Å². The maximum atomic E-state index is 10.5. The second-order valence-corrected chi connectivity index (χ2v) is 5.05. The zero-order valence-electron chi connectivity index (χ0n) is 11.7. The van der Waals surface area contributed by atoms with Crippen molar-refractivity contribution in [3.05, 3.63) is 33.3 Å². The van der Waals surface area contributed by atoms with Crippen LogP contribution in [0.5, 0.6) is 0 Å². The number of hydrogen-bond acceptors (Lipinski definition) is 4. The number of carbonyl (C=O) groups is 2. The average molecular weight is 368 g/mol. The summed E-state index contributed by atoms with van der Waals surface area (Å²) in [6.45, 7) is 3.77. The maximum absolute atomic E-state index is 10.5. The SMILES string of the molecule is CCc1[nH]c(C(=O)Cl)nc1Cl.CCc1[nH]c(C(=O)O)nc1Cl. The van der Waals surface area contributed by atoms with Gasteiger partial charge in [0, 0.05) is 0 Å². The van der Waals surface area contributed by atoms with E-state index in [-0.39, 0.29) is 16.8 Å². The van der Waals surface area contributed by atoms with Gasteiger partial charge in [0.25, 0.3) is 5.24 Å². The summed E-state index contributed by atoms with van der Waals surface area (Å²) in [6, 6.07) is 0. The molecule has 2 aromatic rings. The average Bonchev–Trinajstić information content (AvgIpc) is 3.02. The van der Waals surface area contributed by atoms with Gasteiger partial charge in [-0.25, -0.2) is 14.8 Å². The van der Waals surface area contributed by atoms with Gasteiger partial charge in [-0.3, -0.25) is 4.79 Å². The number of aromatic carboxylic acids is 1. The minimum absolute atomic E-state index is 0.105. The molecule has 0 radical (unpaired) electrons. The molecule has 0 aliphatic rings. The quantitative estimate of drug-likeness (QED) is 0.718. The lowest BCUT2D eigenvalue weighted by Crippen LogP contribution is -1.98. The van der Waals surface area contributed by atoms with Gasteiger partial charge in [0.15, 0.2) is 16.1 Å². The normalized spacial score (nSPS) is 10.0. The van der Waals surface area contributed by atoms with Crippen LogP contribution in [0.1, 0.15) is 46.5 Å². The van der Waals surface area contributed by atoms with Crippen molar-refractivity contribution in [3.8, 4) is 0 Å². The first-order chi connectivity index (χ1) is 10.3. The number of H-pyrrole nitrogens is 2. The summed E-state index contributed by atoms with van der Waals surface area (Å²) in [7, 11) is 0. The van der Waals surface area contributed by atoms with E-state index in [1.54, 1.807) is 0 Å². The molecule has 0 aliphatic carbocycles. The number of aromatic nitrogens is 4. The fourth-order valence-electron chi connectivity index (χ4n) is 1.44. The van der Waals surface area contributed by atoms with E-state index in [9.17, 15) is 9.59 Å². The van der Waals surface area contributed by atoms with E-state index in [2.05, 4.69) is 19.9 Å². The van der Waals surface area contributed by atoms with Crippen LogP contribution in [0.15, 0.2) is 0 Å². The summed E-state index contributed by atoms with van der Waals surface area (Å²) in [5.41, 5.74) is 1.39. The molecular weight excluding hydrogens is 355 g/mol. The lowest BCUT2D eigenvalue weighted by molar-refractivity contribution is 0.0684. The van der Waals surface area contributed by atoms with Gasteiger partial charge in [0.1, 0.15) is 0 Å². The Morgan fingerprint density at radius 3 is 1.64 bits per heavy atom. The number of aromatic amines is 2. The van der Waals surface area contributed by atoms with E-state index < -0.39 is 11.2 Å². The molecule has 2 aromatic heterocycles. The molecule has 10 heteroatoms. The van der Waals surface area contributed by atoms with Gasteiger partial charge in [-0.15, -0.1) is 0 Å². The summed E-state index contributed by atoms with van der Waals surface area (Å²) >= 11 is 16.4. The molecular formula is C12H13Cl3N4O3. The molecule has 0 aliphatic heterocycles. The highest BCUT2D eigenvalue weighted by molar-refractivity contribution is 6.67. The van der Waals surface area contributed by atoms with Crippen molar-refractivity contribution >= 4 is 46.0 Å². The highest BCUT2D eigenvalue weighted by Gasteiger charge is 2.11. The number of carboxylic acid groups (broad SMARTS) is 1. The molecule has 0 aromatic carbocycles. The third-order valence-corrected chi connectivity index (χ3v) is 3.36. The van der Waals surface area contributed by atoms with E-state index in [1.165, 1.54) is 0 Å². The van der Waals surface area contributed by atoms with Crippen molar-refractivity contribution in [3.63, 3.8) is 0 Å². The van der Waals surface area contributed by atoms with E-state index in [1.807, 2.05) is 13.8 Å². The van der Waals surface area contributed by atoms with Crippen LogP contribution in [0.2, 0.25) is 10.3 Å². The molecule has 2 rings (SSSR count). The molecule has 120 valence electrons. The Hall–Kier alpha value is -1.57. The predicted octanol–water partition coefficient (Wildman–Crippen LogP) is 3.33. The van der Waals surface area contributed by atoms with Crippen LogP contribution in [-0.4, -0.2) is 36.3 Å². The van der Waals surface area contributed by atoms with E-state index in [0.717, 1.165) is 5.69 Å². The Morgan fingerprint density at radius 1 is 1.00 bits per heavy atom. The highest BCUT2D eigenvalue weighted by Crippen LogP contribution is 2.14. The molecule has 3 N–H and O–H groups in total. The number of hydrogen-bond donors (Lipinski definition) is 3. The van der Waals surface area contributed by atoms with E-state index in [0.29, 0.717) is 23.7 Å². The number of halogens is 3. The van der Waals surface area contributed by atoms with Gasteiger partial charge in [-0.05, 0) is 24.4 Å². The molecule has 0 fully saturated rings. The van der Waals surface area contributed by atoms with Crippen molar-refractivity contribution in [2.45, 2.75) is 26.7 Å². The molecule has 0 unspecified atom stereocenters. The van der Waals surface area contributed by atoms with Crippen LogP contribution < -0.4 is 0 Å². The number of carbonyl (C=O) groups excluding carboxylic acids is 1. The number of aryl methyl sites for hydroxylation is 2. The zero-order chi connectivity index (χ0) is 16.9. The topological polar surface area (TPSA) is 112 Å². The first kappa shape index (κ1) is 18.5. The molecule has 7 nitrogen and oxygen atoms in total. The first-order valence-electron chi connectivity index (χ1n) is 6.21. The lowest BCUT2D eigenvalue weighted by atomic mass is 10.4. The Labute approximate surface area is 141 Å². The van der Waals surface area contributed by atoms with Gasteiger partial charge in [-0.2, -0.15) is 0 Å². The second kappa shape index (κ2) is 8.17. The molecule has 22 heavy (non-hydrogen) atoms. The molecule has 0 bridgehead atoms. The van der Waals surface area contributed by atoms with Crippen LogP contribution in [0, 0.1) is 0 Å². The smallest absolute Gasteiger partial charge is 0.371 e. The van der Waals surface area contributed by atoms with Crippen molar-refractivity contribution < 1.29 is 14.7 Å². The van der Waals surface area contributed by atoms with Crippen molar-refractivity contribution in [2.75, 3.05) is 0 Å². The third-order valence-electron chi connectivity index (χ3n) is 2.55. The van der Waals surface area contributed by atoms with Gasteiger partial charge in [0.05, 0.1) is 11.4 Å². The van der Waals surface area contributed by atoms with E-state index in [4.69, 9.17) is 39.9 Å². The molecule has 0 amide bonds. The maximum Gasteiger partial charge on any atom is 0.371 e. The minimum Gasteiger partial charge on any atom is -0.475 e. The summed E-state index contributed by atoms with van der Waals surface area (Å²) in [5.74, 6) is -1.09. The standard InChI is InChI=1S/C6H6Cl2N2O.C6H7ClN2O2/c1-2-3-4(7)10-6(9-3)5(8)11;1-2-3-4(7)9-5(8-3)6(10)11/h2H2,1H3,(H,9,10);2H2,1H3,(H,8,9)(H,10,11). The second-order valence-electron chi connectivity index (χ2n) is 4.00. The summed E-state index contributed by atoms with van der Waals surface area (Å²) in [6.07, 6.45) is 1.36. The fraction of sp³-hybridized carbons (Fsp3) is 0.333. The van der Waals surface area contributed by atoms with Crippen molar-refractivity contribution in [1.29, 1.82) is 0 Å². The first-order valence-corrected chi connectivity index (χ1v) is 7.35. The molecule has 0 spiro atoms. The Kier molecular flexibility index (Phi) is 6.86. The molecule has 0 atom stereocenters. The summed E-state index contributed by atoms with van der Waals surface area (Å²) in [5, 5.41) is 8.40. The Bertz CT molecular complexity index is 623. The fourth-order valence-corrected chi connectivity index (χ4v) is 2.06. The number of nitrogens with zero attached hydrogens (tertiary/aromatic N) is 2. The molecule has 2 heterocycles.